The standard InChI is InChI=1S/C15H28O2/c16-10-13-6-8-15(9-7-13)12-17-11-14-4-2-1-3-5-14/h13-16H,1-12H2. The van der Waals surface area contributed by atoms with Gasteiger partial charge in [0.05, 0.1) is 0 Å². The maximum atomic E-state index is 9.09. The van der Waals surface area contributed by atoms with E-state index in [9.17, 15) is 0 Å². The molecule has 0 amide bonds. The summed E-state index contributed by atoms with van der Waals surface area (Å²) in [7, 11) is 0. The first-order chi connectivity index (χ1) is 8.38. The summed E-state index contributed by atoms with van der Waals surface area (Å²) < 4.78 is 5.92. The van der Waals surface area contributed by atoms with Gasteiger partial charge in [0.25, 0.3) is 0 Å². The van der Waals surface area contributed by atoms with Crippen LogP contribution in [0.25, 0.3) is 0 Å². The van der Waals surface area contributed by atoms with Crippen molar-refractivity contribution >= 4 is 0 Å². The molecule has 0 heterocycles. The van der Waals surface area contributed by atoms with Crippen LogP contribution >= 0.6 is 0 Å². The molecule has 17 heavy (non-hydrogen) atoms. The molecule has 2 aliphatic carbocycles. The lowest BCUT2D eigenvalue weighted by Gasteiger charge is -2.28. The Morgan fingerprint density at radius 3 is 1.82 bits per heavy atom. The summed E-state index contributed by atoms with van der Waals surface area (Å²) in [6, 6.07) is 0. The predicted molar refractivity (Wildman–Crippen MR) is 69.9 cm³/mol. The van der Waals surface area contributed by atoms with Crippen molar-refractivity contribution in [2.24, 2.45) is 17.8 Å². The maximum absolute atomic E-state index is 9.09. The highest BCUT2D eigenvalue weighted by atomic mass is 16.5. The van der Waals surface area contributed by atoms with E-state index in [4.69, 9.17) is 9.84 Å². The van der Waals surface area contributed by atoms with Crippen molar-refractivity contribution < 1.29 is 9.84 Å². The molecule has 2 fully saturated rings. The molecular formula is C15H28O2. The van der Waals surface area contributed by atoms with Crippen LogP contribution in [0.15, 0.2) is 0 Å². The molecule has 0 aromatic rings. The van der Waals surface area contributed by atoms with Crippen LogP contribution in [0.1, 0.15) is 57.8 Å². The Labute approximate surface area is 106 Å². The van der Waals surface area contributed by atoms with Gasteiger partial charge in [-0.05, 0) is 56.3 Å². The first kappa shape index (κ1) is 13.4. The second kappa shape index (κ2) is 7.38. The maximum Gasteiger partial charge on any atom is 0.0494 e. The fraction of sp³-hybridized carbons (Fsp3) is 1.00. The smallest absolute Gasteiger partial charge is 0.0494 e. The zero-order chi connectivity index (χ0) is 11.9. The molecule has 0 aromatic carbocycles. The minimum absolute atomic E-state index is 0.385. The van der Waals surface area contributed by atoms with Gasteiger partial charge in [0.1, 0.15) is 0 Å². The van der Waals surface area contributed by atoms with E-state index in [-0.39, 0.29) is 0 Å². The molecule has 0 aliphatic heterocycles. The highest BCUT2D eigenvalue weighted by Gasteiger charge is 2.21. The molecule has 0 aromatic heterocycles. The largest absolute Gasteiger partial charge is 0.396 e. The van der Waals surface area contributed by atoms with Gasteiger partial charge in [-0.3, -0.25) is 0 Å². The Kier molecular flexibility index (Phi) is 5.79. The van der Waals surface area contributed by atoms with Crippen molar-refractivity contribution in [2.75, 3.05) is 19.8 Å². The normalized spacial score (nSPS) is 31.6. The third-order valence-electron chi connectivity index (χ3n) is 4.66. The van der Waals surface area contributed by atoms with E-state index in [2.05, 4.69) is 0 Å². The average Bonchev–Trinajstić information content (AvgIpc) is 2.41. The van der Waals surface area contributed by atoms with Crippen LogP contribution in [0.5, 0.6) is 0 Å². The molecule has 0 atom stereocenters. The fourth-order valence-corrected chi connectivity index (χ4v) is 3.34. The molecule has 0 unspecified atom stereocenters. The van der Waals surface area contributed by atoms with Crippen molar-refractivity contribution in [3.8, 4) is 0 Å². The third kappa shape index (κ3) is 4.59. The highest BCUT2D eigenvalue weighted by molar-refractivity contribution is 4.72. The molecule has 0 bridgehead atoms. The Hall–Kier alpha value is -0.0800. The van der Waals surface area contributed by atoms with Crippen LogP contribution < -0.4 is 0 Å². The van der Waals surface area contributed by atoms with E-state index in [1.165, 1.54) is 57.8 Å². The zero-order valence-electron chi connectivity index (χ0n) is 11.1. The van der Waals surface area contributed by atoms with E-state index in [0.29, 0.717) is 12.5 Å². The monoisotopic (exact) mass is 240 g/mol. The molecule has 0 radical (unpaired) electrons. The minimum atomic E-state index is 0.385. The first-order valence-electron chi connectivity index (χ1n) is 7.57. The molecule has 2 aliphatic rings. The number of aliphatic hydroxyl groups is 1. The molecule has 1 N–H and O–H groups in total. The van der Waals surface area contributed by atoms with Crippen molar-refractivity contribution in [1.82, 2.24) is 0 Å². The molecule has 2 heteroatoms. The van der Waals surface area contributed by atoms with E-state index < -0.39 is 0 Å². The van der Waals surface area contributed by atoms with Gasteiger partial charge >= 0.3 is 0 Å². The molecule has 100 valence electrons. The molecular weight excluding hydrogens is 212 g/mol. The first-order valence-corrected chi connectivity index (χ1v) is 7.57. The van der Waals surface area contributed by atoms with E-state index in [0.717, 1.165) is 25.0 Å². The minimum Gasteiger partial charge on any atom is -0.396 e. The fourth-order valence-electron chi connectivity index (χ4n) is 3.34. The van der Waals surface area contributed by atoms with Crippen LogP contribution in [-0.2, 0) is 4.74 Å². The Morgan fingerprint density at radius 1 is 0.706 bits per heavy atom. The molecule has 0 saturated heterocycles. The number of aliphatic hydroxyl groups excluding tert-OH is 1. The second-order valence-electron chi connectivity index (χ2n) is 6.11. The van der Waals surface area contributed by atoms with Crippen molar-refractivity contribution in [3.63, 3.8) is 0 Å². The summed E-state index contributed by atoms with van der Waals surface area (Å²) in [4.78, 5) is 0. The van der Waals surface area contributed by atoms with Crippen LogP contribution in [0.3, 0.4) is 0 Å². The van der Waals surface area contributed by atoms with Crippen molar-refractivity contribution in [1.29, 1.82) is 0 Å². The number of ether oxygens (including phenoxy) is 1. The number of hydrogen-bond donors (Lipinski definition) is 1. The van der Waals surface area contributed by atoms with Gasteiger partial charge in [0.2, 0.25) is 0 Å². The van der Waals surface area contributed by atoms with Gasteiger partial charge in [-0.25, -0.2) is 0 Å². The molecule has 0 spiro atoms. The molecule has 2 rings (SSSR count). The van der Waals surface area contributed by atoms with E-state index in [1.807, 2.05) is 0 Å². The van der Waals surface area contributed by atoms with Gasteiger partial charge < -0.3 is 9.84 Å². The summed E-state index contributed by atoms with van der Waals surface area (Å²) in [5.41, 5.74) is 0. The van der Waals surface area contributed by atoms with Gasteiger partial charge in [0, 0.05) is 19.8 Å². The Balaban J connectivity index is 1.53. The lowest BCUT2D eigenvalue weighted by Crippen LogP contribution is -2.22. The number of rotatable bonds is 5. The van der Waals surface area contributed by atoms with Gasteiger partial charge in [-0.2, -0.15) is 0 Å². The average molecular weight is 240 g/mol. The van der Waals surface area contributed by atoms with Crippen LogP contribution in [0, 0.1) is 17.8 Å². The second-order valence-corrected chi connectivity index (χ2v) is 6.11. The quantitative estimate of drug-likeness (QED) is 0.798. The number of hydrogen-bond acceptors (Lipinski definition) is 2. The van der Waals surface area contributed by atoms with E-state index >= 15 is 0 Å². The summed E-state index contributed by atoms with van der Waals surface area (Å²) in [5.74, 6) is 2.18. The van der Waals surface area contributed by atoms with Crippen LogP contribution in [-0.4, -0.2) is 24.9 Å². The van der Waals surface area contributed by atoms with Gasteiger partial charge in [-0.15, -0.1) is 0 Å². The van der Waals surface area contributed by atoms with Gasteiger partial charge in [0.15, 0.2) is 0 Å². The highest BCUT2D eigenvalue weighted by Crippen LogP contribution is 2.29. The third-order valence-corrected chi connectivity index (χ3v) is 4.66. The van der Waals surface area contributed by atoms with E-state index in [1.54, 1.807) is 0 Å². The van der Waals surface area contributed by atoms with Crippen LogP contribution in [0.2, 0.25) is 0 Å². The SMILES string of the molecule is OCC1CCC(COCC2CCCCC2)CC1. The van der Waals surface area contributed by atoms with Crippen LogP contribution in [0.4, 0.5) is 0 Å². The summed E-state index contributed by atoms with van der Waals surface area (Å²) in [6.45, 7) is 2.35. The molecule has 2 nitrogen and oxygen atoms in total. The van der Waals surface area contributed by atoms with Gasteiger partial charge in [-0.1, -0.05) is 19.3 Å². The predicted octanol–water partition coefficient (Wildman–Crippen LogP) is 3.38. The topological polar surface area (TPSA) is 29.5 Å². The Morgan fingerprint density at radius 2 is 1.24 bits per heavy atom. The Bertz CT molecular complexity index is 191. The summed E-state index contributed by atoms with van der Waals surface area (Å²) >= 11 is 0. The summed E-state index contributed by atoms with van der Waals surface area (Å²) in [5, 5.41) is 9.09. The summed E-state index contributed by atoms with van der Waals surface area (Å²) in [6.07, 6.45) is 12.0. The molecule has 2 saturated carbocycles. The zero-order valence-corrected chi connectivity index (χ0v) is 11.1. The lowest BCUT2D eigenvalue weighted by molar-refractivity contribution is 0.0418. The lowest BCUT2D eigenvalue weighted by atomic mass is 9.83. The van der Waals surface area contributed by atoms with Crippen molar-refractivity contribution in [2.45, 2.75) is 57.8 Å². The van der Waals surface area contributed by atoms with Crippen molar-refractivity contribution in [3.05, 3.63) is 0 Å².